The van der Waals surface area contributed by atoms with Gasteiger partial charge in [0.1, 0.15) is 5.52 Å². The molecule has 0 aliphatic rings. The van der Waals surface area contributed by atoms with Crippen LogP contribution in [0, 0.1) is 0 Å². The molecular formula is C11H9BrCl2N2OS. The molecule has 2 rings (SSSR count). The first-order valence-electron chi connectivity index (χ1n) is 5.21. The van der Waals surface area contributed by atoms with Crippen molar-refractivity contribution in [1.29, 1.82) is 0 Å². The van der Waals surface area contributed by atoms with Crippen LogP contribution in [0.5, 0.6) is 0 Å². The topological polar surface area (TPSA) is 42.0 Å². The van der Waals surface area contributed by atoms with Crippen LogP contribution in [0.1, 0.15) is 13.3 Å². The Bertz CT molecular complexity index is 602. The Morgan fingerprint density at radius 3 is 2.94 bits per heavy atom. The number of hydrogen-bond donors (Lipinski definition) is 1. The third kappa shape index (κ3) is 2.96. The van der Waals surface area contributed by atoms with E-state index in [2.05, 4.69) is 26.2 Å². The Hall–Kier alpha value is -0.360. The monoisotopic (exact) mass is 366 g/mol. The summed E-state index contributed by atoms with van der Waals surface area (Å²) in [5.41, 5.74) is 0.656. The molecule has 7 heteroatoms. The quantitative estimate of drug-likeness (QED) is 0.797. The summed E-state index contributed by atoms with van der Waals surface area (Å²) in [6.07, 6.45) is 0.712. The van der Waals surface area contributed by atoms with Crippen molar-refractivity contribution < 1.29 is 4.79 Å². The predicted molar refractivity (Wildman–Crippen MR) is 81.3 cm³/mol. The molecular weight excluding hydrogens is 359 g/mol. The maximum atomic E-state index is 11.7. The van der Waals surface area contributed by atoms with Gasteiger partial charge in [-0.1, -0.05) is 57.4 Å². The van der Waals surface area contributed by atoms with Crippen molar-refractivity contribution in [3.05, 3.63) is 22.2 Å². The van der Waals surface area contributed by atoms with Crippen molar-refractivity contribution in [1.82, 2.24) is 4.98 Å². The average Bonchev–Trinajstić information content (AvgIpc) is 2.70. The number of carbonyl (C=O) groups is 1. The standard InChI is InChI=1S/C11H9BrCl2N2OS/c1-2-6(12)10(17)16-11-15-9-7(14)3-5(13)4-8(9)18-11/h3-4,6H,2H2,1H3,(H,15,16,17)/t6-/m1/s1. The highest BCUT2D eigenvalue weighted by atomic mass is 79.9. The Labute approximate surface area is 127 Å². The molecule has 0 aliphatic carbocycles. The van der Waals surface area contributed by atoms with E-state index in [-0.39, 0.29) is 10.7 Å². The first kappa shape index (κ1) is 14.1. The van der Waals surface area contributed by atoms with E-state index in [0.29, 0.717) is 27.1 Å². The number of aromatic nitrogens is 1. The van der Waals surface area contributed by atoms with Crippen LogP contribution in [0.25, 0.3) is 10.2 Å². The lowest BCUT2D eigenvalue weighted by atomic mass is 10.3. The van der Waals surface area contributed by atoms with E-state index in [1.807, 2.05) is 6.92 Å². The zero-order valence-corrected chi connectivity index (χ0v) is 13.3. The number of rotatable bonds is 3. The zero-order valence-electron chi connectivity index (χ0n) is 9.34. The number of hydrogen-bond acceptors (Lipinski definition) is 3. The number of amides is 1. The summed E-state index contributed by atoms with van der Waals surface area (Å²) in [4.78, 5) is 15.8. The second kappa shape index (κ2) is 5.74. The maximum absolute atomic E-state index is 11.7. The number of carbonyl (C=O) groups excluding carboxylic acids is 1. The number of alkyl halides is 1. The molecule has 0 radical (unpaired) electrons. The molecule has 1 N–H and O–H groups in total. The SMILES string of the molecule is CC[C@@H](Br)C(=O)Nc1nc2c(Cl)cc(Cl)cc2s1. The van der Waals surface area contributed by atoms with Crippen LogP contribution in [0.15, 0.2) is 12.1 Å². The molecule has 0 saturated heterocycles. The molecule has 0 spiro atoms. The number of benzene rings is 1. The Morgan fingerprint density at radius 2 is 2.28 bits per heavy atom. The third-order valence-electron chi connectivity index (χ3n) is 2.29. The minimum Gasteiger partial charge on any atom is -0.301 e. The van der Waals surface area contributed by atoms with E-state index >= 15 is 0 Å². The van der Waals surface area contributed by atoms with Gasteiger partial charge < -0.3 is 5.32 Å². The van der Waals surface area contributed by atoms with E-state index in [1.165, 1.54) is 11.3 Å². The van der Waals surface area contributed by atoms with Gasteiger partial charge >= 0.3 is 0 Å². The first-order valence-corrected chi connectivity index (χ1v) is 7.70. The highest BCUT2D eigenvalue weighted by molar-refractivity contribution is 9.10. The fourth-order valence-corrected chi connectivity index (χ4v) is 3.09. The fraction of sp³-hybridized carbons (Fsp3) is 0.273. The average molecular weight is 368 g/mol. The summed E-state index contributed by atoms with van der Waals surface area (Å²) in [6, 6.07) is 3.41. The van der Waals surface area contributed by atoms with Crippen molar-refractivity contribution in [2.45, 2.75) is 18.2 Å². The molecule has 1 amide bonds. The van der Waals surface area contributed by atoms with Crippen LogP contribution in [-0.2, 0) is 4.79 Å². The van der Waals surface area contributed by atoms with Gasteiger partial charge in [0.15, 0.2) is 5.13 Å². The summed E-state index contributed by atoms with van der Waals surface area (Å²) < 4.78 is 0.852. The van der Waals surface area contributed by atoms with Crippen LogP contribution in [-0.4, -0.2) is 15.7 Å². The molecule has 1 atom stereocenters. The van der Waals surface area contributed by atoms with Crippen LogP contribution in [0.3, 0.4) is 0 Å². The lowest BCUT2D eigenvalue weighted by molar-refractivity contribution is -0.115. The van der Waals surface area contributed by atoms with E-state index in [4.69, 9.17) is 23.2 Å². The molecule has 1 aromatic heterocycles. The smallest absolute Gasteiger partial charge is 0.239 e. The Kier molecular flexibility index (Phi) is 4.48. The zero-order chi connectivity index (χ0) is 13.3. The van der Waals surface area contributed by atoms with Gasteiger partial charge in [-0.05, 0) is 18.6 Å². The van der Waals surface area contributed by atoms with Gasteiger partial charge in [0.05, 0.1) is 14.5 Å². The van der Waals surface area contributed by atoms with Crippen LogP contribution in [0.4, 0.5) is 5.13 Å². The molecule has 96 valence electrons. The van der Waals surface area contributed by atoms with E-state index < -0.39 is 0 Å². The molecule has 3 nitrogen and oxygen atoms in total. The van der Waals surface area contributed by atoms with Gasteiger partial charge in [-0.3, -0.25) is 4.79 Å². The normalized spacial score (nSPS) is 12.7. The highest BCUT2D eigenvalue weighted by Gasteiger charge is 2.15. The minimum absolute atomic E-state index is 0.112. The van der Waals surface area contributed by atoms with Gasteiger partial charge in [0.2, 0.25) is 5.91 Å². The van der Waals surface area contributed by atoms with Gasteiger partial charge in [-0.25, -0.2) is 4.98 Å². The lowest BCUT2D eigenvalue weighted by Gasteiger charge is -2.04. The first-order chi connectivity index (χ1) is 8.51. The molecule has 0 aliphatic heterocycles. The molecule has 0 bridgehead atoms. The van der Waals surface area contributed by atoms with Crippen LogP contribution in [0.2, 0.25) is 10.0 Å². The van der Waals surface area contributed by atoms with Crippen LogP contribution < -0.4 is 5.32 Å². The molecule has 1 heterocycles. The Balaban J connectivity index is 2.31. The number of fused-ring (bicyclic) bond motifs is 1. The summed E-state index contributed by atoms with van der Waals surface area (Å²) in [5.74, 6) is -0.112. The van der Waals surface area contributed by atoms with E-state index in [0.717, 1.165) is 4.70 Å². The Morgan fingerprint density at radius 1 is 1.56 bits per heavy atom. The molecule has 0 saturated carbocycles. The molecule has 1 aromatic carbocycles. The third-order valence-corrected chi connectivity index (χ3v) is 4.77. The minimum atomic E-state index is -0.219. The van der Waals surface area contributed by atoms with Gasteiger partial charge in [-0.15, -0.1) is 0 Å². The lowest BCUT2D eigenvalue weighted by Crippen LogP contribution is -2.21. The number of anilines is 1. The van der Waals surface area contributed by atoms with Gasteiger partial charge in [0, 0.05) is 5.02 Å². The van der Waals surface area contributed by atoms with Crippen LogP contribution >= 0.6 is 50.5 Å². The van der Waals surface area contributed by atoms with Crippen molar-refractivity contribution >= 4 is 71.7 Å². The second-order valence-corrected chi connectivity index (χ2v) is 6.60. The number of halogens is 3. The van der Waals surface area contributed by atoms with Gasteiger partial charge in [-0.2, -0.15) is 0 Å². The molecule has 2 aromatic rings. The molecule has 0 unspecified atom stereocenters. The highest BCUT2D eigenvalue weighted by Crippen LogP contribution is 2.33. The van der Waals surface area contributed by atoms with Crippen molar-refractivity contribution in [2.24, 2.45) is 0 Å². The van der Waals surface area contributed by atoms with Crippen molar-refractivity contribution in [3.63, 3.8) is 0 Å². The fourth-order valence-electron chi connectivity index (χ4n) is 1.38. The van der Waals surface area contributed by atoms with Gasteiger partial charge in [0.25, 0.3) is 0 Å². The largest absolute Gasteiger partial charge is 0.301 e. The number of nitrogens with one attached hydrogen (secondary N) is 1. The van der Waals surface area contributed by atoms with Crippen molar-refractivity contribution in [3.8, 4) is 0 Å². The summed E-state index contributed by atoms with van der Waals surface area (Å²) in [7, 11) is 0. The van der Waals surface area contributed by atoms with Crippen molar-refractivity contribution in [2.75, 3.05) is 5.32 Å². The number of nitrogens with zero attached hydrogens (tertiary/aromatic N) is 1. The summed E-state index contributed by atoms with van der Waals surface area (Å²) >= 11 is 16.6. The van der Waals surface area contributed by atoms with E-state index in [1.54, 1.807) is 12.1 Å². The van der Waals surface area contributed by atoms with E-state index in [9.17, 15) is 4.79 Å². The number of thiazole rings is 1. The summed E-state index contributed by atoms with van der Waals surface area (Å²) in [5, 5.41) is 4.32. The predicted octanol–water partition coefficient (Wildman–Crippen LogP) is 4.72. The molecule has 18 heavy (non-hydrogen) atoms. The molecule has 0 fully saturated rings. The summed E-state index contributed by atoms with van der Waals surface area (Å²) in [6.45, 7) is 1.92. The second-order valence-electron chi connectivity index (χ2n) is 3.62. The maximum Gasteiger partial charge on any atom is 0.239 e.